The van der Waals surface area contributed by atoms with Gasteiger partial charge in [-0.1, -0.05) is 12.1 Å². The molecule has 4 heteroatoms. The zero-order valence-corrected chi connectivity index (χ0v) is 7.97. The predicted molar refractivity (Wildman–Crippen MR) is 54.6 cm³/mol. The average Bonchev–Trinajstić information content (AvgIpc) is 2.91. The maximum absolute atomic E-state index is 10.7. The lowest BCUT2D eigenvalue weighted by atomic mass is 10.3. The number of rotatable bonds is 2. The van der Waals surface area contributed by atoms with Crippen molar-refractivity contribution in [3.63, 3.8) is 0 Å². The number of nitrogens with one attached hydrogen (secondary N) is 1. The Kier molecular flexibility index (Phi) is 1.59. The molecule has 0 saturated heterocycles. The molecule has 15 heavy (non-hydrogen) atoms. The molecule has 0 radical (unpaired) electrons. The van der Waals surface area contributed by atoms with Crippen molar-refractivity contribution >= 4 is 17.0 Å². The molecule has 1 aliphatic rings. The number of aliphatic carboxylic acids is 1. The highest BCUT2D eigenvalue weighted by Gasteiger charge is 2.46. The third kappa shape index (κ3) is 1.29. The Morgan fingerprint density at radius 3 is 2.93 bits per heavy atom. The molecular weight excluding hydrogens is 192 g/mol. The molecule has 1 aromatic heterocycles. The minimum Gasteiger partial charge on any atom is -0.481 e. The van der Waals surface area contributed by atoms with Crippen LogP contribution in [0.15, 0.2) is 24.3 Å². The molecule has 3 rings (SSSR count). The summed E-state index contributed by atoms with van der Waals surface area (Å²) in [4.78, 5) is 18.3. The summed E-state index contributed by atoms with van der Waals surface area (Å²) in [6.45, 7) is 0. The smallest absolute Gasteiger partial charge is 0.307 e. The summed E-state index contributed by atoms with van der Waals surface area (Å²) in [5, 5.41) is 8.82. The van der Waals surface area contributed by atoms with Crippen LogP contribution in [0.2, 0.25) is 0 Å². The fourth-order valence-corrected chi connectivity index (χ4v) is 1.92. The first-order chi connectivity index (χ1) is 7.25. The second kappa shape index (κ2) is 2.82. The Balaban J connectivity index is 1.97. The zero-order chi connectivity index (χ0) is 10.4. The average molecular weight is 202 g/mol. The number of carboxylic acid groups (broad SMARTS) is 1. The number of hydrogen-bond acceptors (Lipinski definition) is 2. The number of imidazole rings is 1. The number of aromatic amines is 1. The highest BCUT2D eigenvalue weighted by molar-refractivity contribution is 5.77. The second-order valence-electron chi connectivity index (χ2n) is 3.93. The summed E-state index contributed by atoms with van der Waals surface area (Å²) < 4.78 is 0. The van der Waals surface area contributed by atoms with E-state index in [0.29, 0.717) is 6.42 Å². The van der Waals surface area contributed by atoms with E-state index in [-0.39, 0.29) is 11.8 Å². The van der Waals surface area contributed by atoms with Crippen LogP contribution in [0.1, 0.15) is 18.2 Å². The molecule has 1 saturated carbocycles. The van der Waals surface area contributed by atoms with Crippen LogP contribution in [0.4, 0.5) is 0 Å². The molecular formula is C11H10N2O2. The van der Waals surface area contributed by atoms with Gasteiger partial charge in [0.1, 0.15) is 5.82 Å². The van der Waals surface area contributed by atoms with Gasteiger partial charge in [0.25, 0.3) is 0 Å². The van der Waals surface area contributed by atoms with Gasteiger partial charge >= 0.3 is 5.97 Å². The third-order valence-corrected chi connectivity index (χ3v) is 2.87. The number of aromatic nitrogens is 2. The van der Waals surface area contributed by atoms with Gasteiger partial charge in [0.2, 0.25) is 0 Å². The summed E-state index contributed by atoms with van der Waals surface area (Å²) in [6, 6.07) is 7.73. The maximum Gasteiger partial charge on any atom is 0.307 e. The van der Waals surface area contributed by atoms with Gasteiger partial charge in [0, 0.05) is 5.92 Å². The number of nitrogens with zero attached hydrogens (tertiary/aromatic N) is 1. The van der Waals surface area contributed by atoms with E-state index >= 15 is 0 Å². The first-order valence-electron chi connectivity index (χ1n) is 4.93. The Hall–Kier alpha value is -1.84. The molecule has 1 fully saturated rings. The van der Waals surface area contributed by atoms with Crippen molar-refractivity contribution in [1.82, 2.24) is 9.97 Å². The quantitative estimate of drug-likeness (QED) is 0.779. The van der Waals surface area contributed by atoms with Gasteiger partial charge in [0.05, 0.1) is 17.0 Å². The molecule has 2 N–H and O–H groups in total. The Bertz CT molecular complexity index is 499. The van der Waals surface area contributed by atoms with Crippen LogP contribution in [0, 0.1) is 5.92 Å². The lowest BCUT2D eigenvalue weighted by Gasteiger charge is -1.89. The molecule has 2 unspecified atom stereocenters. The lowest BCUT2D eigenvalue weighted by molar-refractivity contribution is -0.138. The standard InChI is InChI=1S/C11H10N2O2/c14-11(15)7-5-6(7)10-12-8-3-1-2-4-9(8)13-10/h1-4,6-7H,5H2,(H,12,13)(H,14,15). The van der Waals surface area contributed by atoms with Gasteiger partial charge in [-0.05, 0) is 18.6 Å². The zero-order valence-electron chi connectivity index (χ0n) is 7.97. The molecule has 76 valence electrons. The van der Waals surface area contributed by atoms with Crippen LogP contribution in [-0.2, 0) is 4.79 Å². The van der Waals surface area contributed by atoms with Crippen LogP contribution >= 0.6 is 0 Å². The van der Waals surface area contributed by atoms with Crippen LogP contribution < -0.4 is 0 Å². The van der Waals surface area contributed by atoms with E-state index in [9.17, 15) is 4.79 Å². The van der Waals surface area contributed by atoms with Gasteiger partial charge in [0.15, 0.2) is 0 Å². The van der Waals surface area contributed by atoms with Crippen molar-refractivity contribution in [3.05, 3.63) is 30.1 Å². The highest BCUT2D eigenvalue weighted by atomic mass is 16.4. The minimum atomic E-state index is -0.722. The summed E-state index contributed by atoms with van der Waals surface area (Å²) in [7, 11) is 0. The van der Waals surface area contributed by atoms with Crippen molar-refractivity contribution in [2.45, 2.75) is 12.3 Å². The topological polar surface area (TPSA) is 66.0 Å². The van der Waals surface area contributed by atoms with Crippen molar-refractivity contribution < 1.29 is 9.90 Å². The molecule has 1 aromatic carbocycles. The Morgan fingerprint density at radius 2 is 2.27 bits per heavy atom. The lowest BCUT2D eigenvalue weighted by Crippen LogP contribution is -1.99. The van der Waals surface area contributed by atoms with Crippen LogP contribution in [-0.4, -0.2) is 21.0 Å². The van der Waals surface area contributed by atoms with Gasteiger partial charge in [-0.25, -0.2) is 4.98 Å². The van der Waals surface area contributed by atoms with E-state index in [2.05, 4.69) is 9.97 Å². The Morgan fingerprint density at radius 1 is 1.47 bits per heavy atom. The molecule has 2 aromatic rings. The van der Waals surface area contributed by atoms with Gasteiger partial charge in [-0.15, -0.1) is 0 Å². The van der Waals surface area contributed by atoms with Crippen molar-refractivity contribution in [3.8, 4) is 0 Å². The number of fused-ring (bicyclic) bond motifs is 1. The van der Waals surface area contributed by atoms with Gasteiger partial charge in [-0.2, -0.15) is 0 Å². The normalized spacial score (nSPS) is 24.3. The Labute approximate surface area is 86.0 Å². The molecule has 0 spiro atoms. The van der Waals surface area contributed by atoms with Crippen LogP contribution in [0.25, 0.3) is 11.0 Å². The molecule has 0 amide bonds. The fourth-order valence-electron chi connectivity index (χ4n) is 1.92. The van der Waals surface area contributed by atoms with E-state index in [1.807, 2.05) is 24.3 Å². The van der Waals surface area contributed by atoms with Gasteiger partial charge < -0.3 is 10.1 Å². The van der Waals surface area contributed by atoms with Crippen LogP contribution in [0.3, 0.4) is 0 Å². The van der Waals surface area contributed by atoms with E-state index in [1.54, 1.807) is 0 Å². The number of carboxylic acids is 1. The molecule has 0 bridgehead atoms. The summed E-state index contributed by atoms with van der Waals surface area (Å²) >= 11 is 0. The number of para-hydroxylation sites is 2. The van der Waals surface area contributed by atoms with Gasteiger partial charge in [-0.3, -0.25) is 4.79 Å². The number of hydrogen-bond donors (Lipinski definition) is 2. The monoisotopic (exact) mass is 202 g/mol. The number of benzene rings is 1. The minimum absolute atomic E-state index is 0.0786. The van der Waals surface area contributed by atoms with Crippen molar-refractivity contribution in [1.29, 1.82) is 0 Å². The predicted octanol–water partition coefficient (Wildman–Crippen LogP) is 1.75. The maximum atomic E-state index is 10.7. The van der Waals surface area contributed by atoms with E-state index < -0.39 is 5.97 Å². The van der Waals surface area contributed by atoms with Crippen molar-refractivity contribution in [2.24, 2.45) is 5.92 Å². The largest absolute Gasteiger partial charge is 0.481 e. The summed E-state index contributed by atoms with van der Waals surface area (Å²) in [6.07, 6.45) is 0.704. The fraction of sp³-hybridized carbons (Fsp3) is 0.273. The molecule has 2 atom stereocenters. The molecule has 4 nitrogen and oxygen atoms in total. The number of carbonyl (C=O) groups is 1. The molecule has 0 aliphatic heterocycles. The first kappa shape index (κ1) is 8.47. The van der Waals surface area contributed by atoms with Crippen LogP contribution in [0.5, 0.6) is 0 Å². The molecule has 1 aliphatic carbocycles. The summed E-state index contributed by atoms with van der Waals surface area (Å²) in [5.74, 6) is -0.0791. The van der Waals surface area contributed by atoms with E-state index in [0.717, 1.165) is 16.9 Å². The van der Waals surface area contributed by atoms with E-state index in [1.165, 1.54) is 0 Å². The SMILES string of the molecule is O=C(O)C1CC1c1nc2ccccc2[nH]1. The van der Waals surface area contributed by atoms with E-state index in [4.69, 9.17) is 5.11 Å². The second-order valence-corrected chi connectivity index (χ2v) is 3.93. The first-order valence-corrected chi connectivity index (χ1v) is 4.93. The highest BCUT2D eigenvalue weighted by Crippen LogP contribution is 2.46. The number of H-pyrrole nitrogens is 1. The summed E-state index contributed by atoms with van der Waals surface area (Å²) in [5.41, 5.74) is 1.88. The van der Waals surface area contributed by atoms with Crippen molar-refractivity contribution in [2.75, 3.05) is 0 Å². The third-order valence-electron chi connectivity index (χ3n) is 2.87. The molecule has 1 heterocycles.